The molecule has 0 saturated heterocycles. The SMILES string of the molecule is c1ccc(C2(c3ccccc3)c3ccccc3-c3cc4c(cc32)c2sc3ccccc3c2n4-c2ccc(-c3nc4ccccc4c4c5ccccc5c5ccccc5c34)cc2)cc1. The number of nitrogens with zero attached hydrogens (tertiary/aromatic N) is 2. The van der Waals surface area contributed by atoms with E-state index in [0.717, 1.165) is 22.5 Å². The van der Waals surface area contributed by atoms with Gasteiger partial charge in [-0.05, 0) is 91.3 Å². The maximum atomic E-state index is 5.47. The lowest BCUT2D eigenvalue weighted by Crippen LogP contribution is -2.28. The second kappa shape index (κ2) is 13.1. The molecule has 13 aromatic rings. The van der Waals surface area contributed by atoms with Crippen molar-refractivity contribution in [2.75, 3.05) is 0 Å². The largest absolute Gasteiger partial charge is 0.308 e. The van der Waals surface area contributed by atoms with Crippen LogP contribution in [0.5, 0.6) is 0 Å². The highest BCUT2D eigenvalue weighted by Crippen LogP contribution is 2.58. The highest BCUT2D eigenvalue weighted by atomic mass is 32.1. The van der Waals surface area contributed by atoms with Crippen LogP contribution >= 0.6 is 11.3 Å². The second-order valence-electron chi connectivity index (χ2n) is 16.9. The number of fused-ring (bicyclic) bond motifs is 16. The van der Waals surface area contributed by atoms with Crippen molar-refractivity contribution in [3.8, 4) is 28.1 Å². The quantitative estimate of drug-likeness (QED) is 0.162. The van der Waals surface area contributed by atoms with Crippen LogP contribution in [0.15, 0.2) is 218 Å². The van der Waals surface area contributed by atoms with Gasteiger partial charge < -0.3 is 4.57 Å². The van der Waals surface area contributed by atoms with Crippen LogP contribution in [0.25, 0.3) is 102 Å². The first-order valence-electron chi connectivity index (χ1n) is 21.7. The molecule has 0 saturated carbocycles. The van der Waals surface area contributed by atoms with Gasteiger partial charge in [-0.1, -0.05) is 182 Å². The number of thiophene rings is 1. The number of pyridine rings is 1. The first-order valence-corrected chi connectivity index (χ1v) is 22.5. The van der Waals surface area contributed by atoms with Gasteiger partial charge >= 0.3 is 0 Å². The Kier molecular flexibility index (Phi) is 7.23. The Morgan fingerprint density at radius 3 is 1.70 bits per heavy atom. The Hall–Kier alpha value is -7.85. The van der Waals surface area contributed by atoms with Gasteiger partial charge in [-0.3, -0.25) is 0 Å². The van der Waals surface area contributed by atoms with E-state index in [9.17, 15) is 0 Å². The zero-order valence-electron chi connectivity index (χ0n) is 34.1. The average Bonchev–Trinajstić information content (AvgIpc) is 3.99. The normalized spacial score (nSPS) is 13.2. The molecule has 0 N–H and O–H groups in total. The predicted molar refractivity (Wildman–Crippen MR) is 267 cm³/mol. The molecule has 0 amide bonds. The van der Waals surface area contributed by atoms with Gasteiger partial charge in [-0.15, -0.1) is 11.3 Å². The molecule has 0 atom stereocenters. The van der Waals surface area contributed by atoms with Crippen molar-refractivity contribution in [2.24, 2.45) is 0 Å². The van der Waals surface area contributed by atoms with Crippen molar-refractivity contribution >= 4 is 85.8 Å². The Morgan fingerprint density at radius 1 is 0.413 bits per heavy atom. The molecule has 14 rings (SSSR count). The third kappa shape index (κ3) is 4.69. The lowest BCUT2D eigenvalue weighted by molar-refractivity contribution is 0.769. The molecule has 2 nitrogen and oxygen atoms in total. The molecule has 0 unspecified atom stereocenters. The van der Waals surface area contributed by atoms with E-state index in [-0.39, 0.29) is 0 Å². The van der Waals surface area contributed by atoms with Crippen LogP contribution in [0.2, 0.25) is 0 Å². The third-order valence-corrected chi connectivity index (χ3v) is 15.0. The molecule has 0 aliphatic heterocycles. The van der Waals surface area contributed by atoms with Crippen LogP contribution in [0.4, 0.5) is 0 Å². The number of hydrogen-bond donors (Lipinski definition) is 0. The zero-order chi connectivity index (χ0) is 41.2. The molecule has 292 valence electrons. The van der Waals surface area contributed by atoms with Crippen molar-refractivity contribution in [1.29, 1.82) is 0 Å². The molecule has 3 aromatic heterocycles. The lowest BCUT2D eigenvalue weighted by Gasteiger charge is -2.33. The third-order valence-electron chi connectivity index (χ3n) is 13.8. The number of hydrogen-bond acceptors (Lipinski definition) is 2. The molecule has 3 heteroatoms. The molecule has 1 aliphatic carbocycles. The van der Waals surface area contributed by atoms with E-state index in [4.69, 9.17) is 4.98 Å². The average molecular weight is 817 g/mol. The minimum Gasteiger partial charge on any atom is -0.308 e. The molecule has 0 spiro atoms. The van der Waals surface area contributed by atoms with Crippen molar-refractivity contribution in [3.63, 3.8) is 0 Å². The summed E-state index contributed by atoms with van der Waals surface area (Å²) in [5.74, 6) is 0. The smallest absolute Gasteiger partial charge is 0.0794 e. The summed E-state index contributed by atoms with van der Waals surface area (Å²) in [6.45, 7) is 0. The molecule has 0 bridgehead atoms. The van der Waals surface area contributed by atoms with E-state index < -0.39 is 5.41 Å². The molecule has 0 fully saturated rings. The van der Waals surface area contributed by atoms with Crippen molar-refractivity contribution < 1.29 is 0 Å². The molecule has 0 radical (unpaired) electrons. The summed E-state index contributed by atoms with van der Waals surface area (Å²) < 4.78 is 5.13. The van der Waals surface area contributed by atoms with Crippen molar-refractivity contribution in [3.05, 3.63) is 241 Å². The number of aromatic nitrogens is 2. The first-order chi connectivity index (χ1) is 31.3. The highest BCUT2D eigenvalue weighted by molar-refractivity contribution is 7.26. The van der Waals surface area contributed by atoms with Crippen LogP contribution in [0, 0.1) is 0 Å². The number of para-hydroxylation sites is 1. The number of rotatable bonds is 4. The molecule has 63 heavy (non-hydrogen) atoms. The van der Waals surface area contributed by atoms with E-state index in [1.807, 2.05) is 11.3 Å². The maximum Gasteiger partial charge on any atom is 0.0794 e. The minimum atomic E-state index is -0.472. The summed E-state index contributed by atoms with van der Waals surface area (Å²) in [6, 6.07) is 80.7. The van der Waals surface area contributed by atoms with Crippen LogP contribution in [-0.2, 0) is 5.41 Å². The highest BCUT2D eigenvalue weighted by Gasteiger charge is 2.46. The van der Waals surface area contributed by atoms with E-state index in [2.05, 4.69) is 223 Å². The van der Waals surface area contributed by atoms with Gasteiger partial charge in [0.15, 0.2) is 0 Å². The van der Waals surface area contributed by atoms with Crippen molar-refractivity contribution in [1.82, 2.24) is 9.55 Å². The summed E-state index contributed by atoms with van der Waals surface area (Å²) in [5.41, 5.74) is 14.0. The molecule has 1 aliphatic rings. The number of benzene rings is 10. The summed E-state index contributed by atoms with van der Waals surface area (Å²) in [6.07, 6.45) is 0. The molecule has 10 aromatic carbocycles. The molecule has 3 heterocycles. The van der Waals surface area contributed by atoms with Crippen molar-refractivity contribution in [2.45, 2.75) is 5.41 Å². The maximum absolute atomic E-state index is 5.47. The van der Waals surface area contributed by atoms with Crippen LogP contribution in [0.1, 0.15) is 22.3 Å². The van der Waals surface area contributed by atoms with Gasteiger partial charge in [0, 0.05) is 42.9 Å². The van der Waals surface area contributed by atoms with E-state index >= 15 is 0 Å². The standard InChI is InChI=1S/C60H36N2S/c1-3-17-38(18-4-1)60(39-19-5-2-6-20-39)50-28-14-11-23-43(50)48-36-53-49(35-51(48)60)59-58(47-27-13-16-30-54(47)63-59)62(53)40-33-31-37(32-34-40)57-56-45-25-10-8-22-42(45)41-21-7-9-24-44(41)55(56)46-26-12-15-29-52(46)61-57/h1-36H. The lowest BCUT2D eigenvalue weighted by atomic mass is 9.67. The minimum absolute atomic E-state index is 0.472. The Morgan fingerprint density at radius 2 is 0.984 bits per heavy atom. The molecular weight excluding hydrogens is 781 g/mol. The Labute approximate surface area is 367 Å². The first kappa shape index (κ1) is 34.8. The summed E-state index contributed by atoms with van der Waals surface area (Å²) >= 11 is 1.90. The fourth-order valence-electron chi connectivity index (χ4n) is 11.3. The van der Waals surface area contributed by atoms with Gasteiger partial charge in [-0.2, -0.15) is 0 Å². The summed E-state index contributed by atoms with van der Waals surface area (Å²) in [4.78, 5) is 5.47. The van der Waals surface area contributed by atoms with Crippen LogP contribution < -0.4 is 0 Å². The van der Waals surface area contributed by atoms with Crippen LogP contribution in [0.3, 0.4) is 0 Å². The van der Waals surface area contributed by atoms with Gasteiger partial charge in [0.2, 0.25) is 0 Å². The van der Waals surface area contributed by atoms with E-state index in [0.29, 0.717) is 0 Å². The molecular formula is C60H36N2S. The van der Waals surface area contributed by atoms with Gasteiger partial charge in [0.1, 0.15) is 0 Å². The Balaban J connectivity index is 1.05. The van der Waals surface area contributed by atoms with Gasteiger partial charge in [0.05, 0.1) is 32.4 Å². The van der Waals surface area contributed by atoms with Gasteiger partial charge in [0.25, 0.3) is 0 Å². The van der Waals surface area contributed by atoms with Gasteiger partial charge in [-0.25, -0.2) is 4.98 Å². The topological polar surface area (TPSA) is 17.8 Å². The van der Waals surface area contributed by atoms with E-state index in [1.165, 1.54) is 102 Å². The Bertz CT molecular complexity index is 3970. The zero-order valence-corrected chi connectivity index (χ0v) is 34.9. The monoisotopic (exact) mass is 816 g/mol. The fraction of sp³-hybridized carbons (Fsp3) is 0.0167. The second-order valence-corrected chi connectivity index (χ2v) is 18.0. The fourth-order valence-corrected chi connectivity index (χ4v) is 12.5. The van der Waals surface area contributed by atoms with Crippen LogP contribution in [-0.4, -0.2) is 9.55 Å². The summed E-state index contributed by atoms with van der Waals surface area (Å²) in [7, 11) is 0. The summed E-state index contributed by atoms with van der Waals surface area (Å²) in [5, 5.41) is 11.2. The predicted octanol–water partition coefficient (Wildman–Crippen LogP) is 16.0. The van der Waals surface area contributed by atoms with E-state index in [1.54, 1.807) is 0 Å².